The average Bonchev–Trinajstić information content (AvgIpc) is 2.87. The number of hydrogen-bond acceptors (Lipinski definition) is 6. The number of carbonyl (C=O) groups excluding carboxylic acids is 1. The predicted molar refractivity (Wildman–Crippen MR) is 84.4 cm³/mol. The second-order valence-corrected chi connectivity index (χ2v) is 7.33. The van der Waals surface area contributed by atoms with Gasteiger partial charge in [0.2, 0.25) is 11.0 Å². The van der Waals surface area contributed by atoms with Crippen LogP contribution in [-0.2, 0) is 4.79 Å². The number of amides is 1. The molecule has 2 N–H and O–H groups in total. The summed E-state index contributed by atoms with van der Waals surface area (Å²) >= 11 is 2.95. The number of aromatic nitrogens is 2. The number of nitrogens with zero attached hydrogens (tertiary/aromatic N) is 2. The molecule has 1 heterocycles. The lowest BCUT2D eigenvalue weighted by Crippen LogP contribution is -2.41. The van der Waals surface area contributed by atoms with Crippen LogP contribution < -0.4 is 10.6 Å². The Kier molecular flexibility index (Phi) is 6.09. The maximum absolute atomic E-state index is 12.0. The van der Waals surface area contributed by atoms with Crippen molar-refractivity contribution >= 4 is 34.1 Å². The number of hydrogen-bond donors (Lipinski definition) is 2. The number of carbonyl (C=O) groups is 1. The van der Waals surface area contributed by atoms with Crippen LogP contribution in [0.25, 0.3) is 0 Å². The van der Waals surface area contributed by atoms with E-state index >= 15 is 0 Å². The van der Waals surface area contributed by atoms with E-state index in [2.05, 4.69) is 27.8 Å². The van der Waals surface area contributed by atoms with Crippen molar-refractivity contribution < 1.29 is 4.79 Å². The molecule has 1 aromatic rings. The van der Waals surface area contributed by atoms with E-state index in [0.29, 0.717) is 17.7 Å². The maximum Gasteiger partial charge on any atom is 0.230 e. The average molecular weight is 314 g/mol. The summed E-state index contributed by atoms with van der Waals surface area (Å²) < 4.78 is 0.841. The minimum atomic E-state index is 0.106. The third-order valence-electron chi connectivity index (χ3n) is 3.52. The first-order valence-electron chi connectivity index (χ1n) is 7.18. The third kappa shape index (κ3) is 4.63. The lowest BCUT2D eigenvalue weighted by Gasteiger charge is -2.29. The Morgan fingerprint density at radius 3 is 2.95 bits per heavy atom. The Labute approximate surface area is 128 Å². The third-order valence-corrected chi connectivity index (χ3v) is 5.53. The van der Waals surface area contributed by atoms with Gasteiger partial charge >= 0.3 is 0 Å². The SMILES string of the molecule is CCNc1nnc(SCC(=O)N[C@H]2CCCC[C@H]2C)s1. The lowest BCUT2D eigenvalue weighted by atomic mass is 9.86. The van der Waals surface area contributed by atoms with Crippen molar-refractivity contribution in [1.82, 2.24) is 15.5 Å². The van der Waals surface area contributed by atoms with Gasteiger partial charge < -0.3 is 10.6 Å². The van der Waals surface area contributed by atoms with Crippen LogP contribution in [0.2, 0.25) is 0 Å². The molecular weight excluding hydrogens is 292 g/mol. The number of thioether (sulfide) groups is 1. The Morgan fingerprint density at radius 2 is 2.20 bits per heavy atom. The Morgan fingerprint density at radius 1 is 1.40 bits per heavy atom. The van der Waals surface area contributed by atoms with Crippen LogP contribution in [0.1, 0.15) is 39.5 Å². The van der Waals surface area contributed by atoms with E-state index in [1.807, 2.05) is 6.92 Å². The zero-order chi connectivity index (χ0) is 14.4. The maximum atomic E-state index is 12.0. The molecule has 7 heteroatoms. The monoisotopic (exact) mass is 314 g/mol. The van der Waals surface area contributed by atoms with Crippen LogP contribution in [0.3, 0.4) is 0 Å². The van der Waals surface area contributed by atoms with Gasteiger partial charge in [0.1, 0.15) is 0 Å². The van der Waals surface area contributed by atoms with E-state index in [1.165, 1.54) is 42.4 Å². The smallest absolute Gasteiger partial charge is 0.230 e. The molecule has 112 valence electrons. The molecule has 2 atom stereocenters. The van der Waals surface area contributed by atoms with E-state index in [9.17, 15) is 4.79 Å². The molecule has 0 spiro atoms. The fourth-order valence-electron chi connectivity index (χ4n) is 2.40. The van der Waals surface area contributed by atoms with Crippen LogP contribution in [0.5, 0.6) is 0 Å². The fourth-order valence-corrected chi connectivity index (χ4v) is 4.03. The molecule has 20 heavy (non-hydrogen) atoms. The normalized spacial score (nSPS) is 22.5. The summed E-state index contributed by atoms with van der Waals surface area (Å²) in [5.41, 5.74) is 0. The Bertz CT molecular complexity index is 438. The number of rotatable bonds is 6. The molecule has 1 amide bonds. The van der Waals surface area contributed by atoms with Gasteiger partial charge in [0.15, 0.2) is 4.34 Å². The first-order chi connectivity index (χ1) is 9.69. The van der Waals surface area contributed by atoms with E-state index in [0.717, 1.165) is 22.4 Å². The molecule has 0 unspecified atom stereocenters. The van der Waals surface area contributed by atoms with Crippen LogP contribution in [0.4, 0.5) is 5.13 Å². The quantitative estimate of drug-likeness (QED) is 0.790. The molecule has 1 aliphatic rings. The summed E-state index contributed by atoms with van der Waals surface area (Å²) in [6.45, 7) is 5.08. The minimum absolute atomic E-state index is 0.106. The van der Waals surface area contributed by atoms with Gasteiger partial charge in [0.25, 0.3) is 0 Å². The van der Waals surface area contributed by atoms with Gasteiger partial charge in [0.05, 0.1) is 5.75 Å². The molecule has 0 bridgehead atoms. The first kappa shape index (κ1) is 15.6. The molecule has 0 saturated heterocycles. The van der Waals surface area contributed by atoms with Crippen LogP contribution >= 0.6 is 23.1 Å². The van der Waals surface area contributed by atoms with E-state index < -0.39 is 0 Å². The molecule has 0 aromatic carbocycles. The molecule has 0 aliphatic heterocycles. The summed E-state index contributed by atoms with van der Waals surface area (Å²) in [7, 11) is 0. The highest BCUT2D eigenvalue weighted by molar-refractivity contribution is 8.01. The van der Waals surface area contributed by atoms with E-state index in [4.69, 9.17) is 0 Å². The Hall–Kier alpha value is -0.820. The standard InChI is InChI=1S/C13H22N4OS2/c1-3-14-12-16-17-13(20-12)19-8-11(18)15-10-7-5-4-6-9(10)2/h9-10H,3-8H2,1-2H3,(H,14,16)(H,15,18)/t9-,10+/m1/s1. The van der Waals surface area contributed by atoms with E-state index in [-0.39, 0.29) is 5.91 Å². The van der Waals surface area contributed by atoms with Crippen LogP contribution in [0, 0.1) is 5.92 Å². The molecule has 1 saturated carbocycles. The number of nitrogens with one attached hydrogen (secondary N) is 2. The van der Waals surface area contributed by atoms with Gasteiger partial charge in [-0.1, -0.05) is 42.9 Å². The van der Waals surface area contributed by atoms with Crippen LogP contribution in [-0.4, -0.2) is 34.4 Å². The second kappa shape index (κ2) is 7.83. The molecular formula is C13H22N4OS2. The predicted octanol–water partition coefficient (Wildman–Crippen LogP) is 2.76. The molecule has 5 nitrogen and oxygen atoms in total. The summed E-state index contributed by atoms with van der Waals surface area (Å²) in [6.07, 6.45) is 4.85. The second-order valence-electron chi connectivity index (χ2n) is 5.13. The van der Waals surface area contributed by atoms with Crippen molar-refractivity contribution in [2.75, 3.05) is 17.6 Å². The fraction of sp³-hybridized carbons (Fsp3) is 0.769. The van der Waals surface area contributed by atoms with Gasteiger partial charge in [-0.3, -0.25) is 4.79 Å². The molecule has 1 aliphatic carbocycles. The van der Waals surface area contributed by atoms with Gasteiger partial charge in [-0.05, 0) is 25.7 Å². The van der Waals surface area contributed by atoms with Crippen molar-refractivity contribution in [3.05, 3.63) is 0 Å². The van der Waals surface area contributed by atoms with Crippen molar-refractivity contribution in [2.45, 2.75) is 49.9 Å². The zero-order valence-corrected chi connectivity index (χ0v) is 13.6. The summed E-state index contributed by atoms with van der Waals surface area (Å²) in [5.74, 6) is 1.12. The summed E-state index contributed by atoms with van der Waals surface area (Å²) in [4.78, 5) is 12.0. The van der Waals surface area contributed by atoms with Crippen molar-refractivity contribution in [1.29, 1.82) is 0 Å². The topological polar surface area (TPSA) is 66.9 Å². The van der Waals surface area contributed by atoms with Crippen molar-refractivity contribution in [2.24, 2.45) is 5.92 Å². The largest absolute Gasteiger partial charge is 0.360 e. The first-order valence-corrected chi connectivity index (χ1v) is 8.98. The highest BCUT2D eigenvalue weighted by Gasteiger charge is 2.22. The van der Waals surface area contributed by atoms with Gasteiger partial charge in [0, 0.05) is 12.6 Å². The molecule has 2 rings (SSSR count). The van der Waals surface area contributed by atoms with Crippen molar-refractivity contribution in [3.63, 3.8) is 0 Å². The molecule has 0 radical (unpaired) electrons. The van der Waals surface area contributed by atoms with Crippen molar-refractivity contribution in [3.8, 4) is 0 Å². The van der Waals surface area contributed by atoms with Crippen LogP contribution in [0.15, 0.2) is 4.34 Å². The van der Waals surface area contributed by atoms with Gasteiger partial charge in [-0.25, -0.2) is 0 Å². The summed E-state index contributed by atoms with van der Waals surface area (Å²) in [6, 6.07) is 0.351. The highest BCUT2D eigenvalue weighted by Crippen LogP contribution is 2.26. The number of anilines is 1. The van der Waals surface area contributed by atoms with Gasteiger partial charge in [-0.2, -0.15) is 0 Å². The van der Waals surface area contributed by atoms with E-state index in [1.54, 1.807) is 0 Å². The molecule has 1 aromatic heterocycles. The molecule has 1 fully saturated rings. The summed E-state index contributed by atoms with van der Waals surface area (Å²) in [5, 5.41) is 15.2. The lowest BCUT2D eigenvalue weighted by molar-refractivity contribution is -0.119. The highest BCUT2D eigenvalue weighted by atomic mass is 32.2. The minimum Gasteiger partial charge on any atom is -0.360 e. The Balaban J connectivity index is 1.73. The zero-order valence-electron chi connectivity index (χ0n) is 12.0. The van der Waals surface area contributed by atoms with Gasteiger partial charge in [-0.15, -0.1) is 10.2 Å².